The first-order valence-electron chi connectivity index (χ1n) is 7.43. The first kappa shape index (κ1) is 15.0. The average molecular weight is 277 g/mol. The molecule has 3 heteroatoms. The van der Waals surface area contributed by atoms with Crippen LogP contribution in [0.5, 0.6) is 0 Å². The van der Waals surface area contributed by atoms with E-state index in [2.05, 4.69) is 13.0 Å². The fourth-order valence-electron chi connectivity index (χ4n) is 3.36. The topological polar surface area (TPSA) is 23.8 Å². The van der Waals surface area contributed by atoms with E-state index in [4.69, 9.17) is 0 Å². The van der Waals surface area contributed by atoms with Gasteiger partial charge in [0.2, 0.25) is 0 Å². The number of hydrogen-bond acceptors (Lipinski definition) is 1. The van der Waals surface area contributed by atoms with Gasteiger partial charge in [-0.15, -0.1) is 0 Å². The molecule has 0 amide bonds. The highest BCUT2D eigenvalue weighted by Crippen LogP contribution is 2.42. The average Bonchev–Trinajstić information content (AvgIpc) is 2.40. The second kappa shape index (κ2) is 6.35. The van der Waals surface area contributed by atoms with Crippen LogP contribution < -0.4 is 0 Å². The molecule has 0 atom stereocenters. The summed E-state index contributed by atoms with van der Waals surface area (Å²) in [5.74, 6) is -0.411. The third-order valence-electron chi connectivity index (χ3n) is 4.46. The lowest BCUT2D eigenvalue weighted by Gasteiger charge is -2.35. The second-order valence-corrected chi connectivity index (χ2v) is 6.08. The predicted octanol–water partition coefficient (Wildman–Crippen LogP) is 5.01. The first-order chi connectivity index (χ1) is 9.57. The lowest BCUT2D eigenvalue weighted by atomic mass is 9.67. The van der Waals surface area contributed by atoms with Gasteiger partial charge in [-0.2, -0.15) is 5.26 Å². The molecule has 0 spiro atoms. The predicted molar refractivity (Wildman–Crippen MR) is 75.0 cm³/mol. The lowest BCUT2D eigenvalue weighted by molar-refractivity contribution is 0.200. The monoisotopic (exact) mass is 277 g/mol. The molecular weight excluding hydrogens is 256 g/mol. The summed E-state index contributed by atoms with van der Waals surface area (Å²) in [4.78, 5) is 0. The minimum atomic E-state index is -0.562. The fourth-order valence-corrected chi connectivity index (χ4v) is 3.36. The van der Waals surface area contributed by atoms with Crippen molar-refractivity contribution < 1.29 is 8.78 Å². The normalized spacial score (nSPS) is 26.2. The lowest BCUT2D eigenvalue weighted by Crippen LogP contribution is -2.28. The van der Waals surface area contributed by atoms with Gasteiger partial charge in [0.25, 0.3) is 0 Å². The van der Waals surface area contributed by atoms with E-state index in [9.17, 15) is 14.0 Å². The van der Waals surface area contributed by atoms with E-state index in [0.717, 1.165) is 31.7 Å². The molecule has 1 aromatic rings. The Balaban J connectivity index is 2.08. The standard InChI is InChI=1S/C17H21F2N/c1-2-3-13-4-6-17(12-20,7-5-13)11-14-8-15(18)10-16(19)9-14/h8-10,13H,2-7,11H2,1H3. The van der Waals surface area contributed by atoms with E-state index in [-0.39, 0.29) is 0 Å². The fraction of sp³-hybridized carbons (Fsp3) is 0.588. The Morgan fingerprint density at radius 3 is 2.30 bits per heavy atom. The maximum atomic E-state index is 13.3. The van der Waals surface area contributed by atoms with Crippen molar-refractivity contribution in [1.29, 1.82) is 5.26 Å². The minimum absolute atomic E-state index is 0.440. The number of benzene rings is 1. The van der Waals surface area contributed by atoms with Crippen LogP contribution in [0, 0.1) is 34.3 Å². The van der Waals surface area contributed by atoms with Crippen LogP contribution >= 0.6 is 0 Å². The van der Waals surface area contributed by atoms with Gasteiger partial charge >= 0.3 is 0 Å². The molecule has 20 heavy (non-hydrogen) atoms. The van der Waals surface area contributed by atoms with Gasteiger partial charge in [0, 0.05) is 6.07 Å². The summed E-state index contributed by atoms with van der Waals surface area (Å²) in [6.07, 6.45) is 6.64. The van der Waals surface area contributed by atoms with E-state index in [1.165, 1.54) is 25.0 Å². The maximum Gasteiger partial charge on any atom is 0.126 e. The van der Waals surface area contributed by atoms with E-state index in [1.54, 1.807) is 0 Å². The van der Waals surface area contributed by atoms with E-state index in [0.29, 0.717) is 17.9 Å². The Labute approximate surface area is 119 Å². The molecule has 1 nitrogen and oxygen atoms in total. The van der Waals surface area contributed by atoms with Gasteiger partial charge < -0.3 is 0 Å². The Morgan fingerprint density at radius 2 is 1.80 bits per heavy atom. The molecular formula is C17H21F2N. The molecule has 0 saturated heterocycles. The summed E-state index contributed by atoms with van der Waals surface area (Å²) in [7, 11) is 0. The number of hydrogen-bond donors (Lipinski definition) is 0. The highest BCUT2D eigenvalue weighted by atomic mass is 19.1. The number of halogens is 2. The molecule has 1 aliphatic rings. The third kappa shape index (κ3) is 3.56. The number of nitrogens with zero attached hydrogens (tertiary/aromatic N) is 1. The largest absolute Gasteiger partial charge is 0.207 e. The van der Waals surface area contributed by atoms with Crippen LogP contribution in [0.2, 0.25) is 0 Å². The molecule has 1 saturated carbocycles. The maximum absolute atomic E-state index is 13.3. The number of nitriles is 1. The van der Waals surface area contributed by atoms with Gasteiger partial charge in [-0.3, -0.25) is 0 Å². The molecule has 2 rings (SSSR count). The quantitative estimate of drug-likeness (QED) is 0.759. The zero-order valence-corrected chi connectivity index (χ0v) is 12.0. The van der Waals surface area contributed by atoms with Crippen molar-refractivity contribution in [2.24, 2.45) is 11.3 Å². The third-order valence-corrected chi connectivity index (χ3v) is 4.46. The SMILES string of the molecule is CCCC1CCC(C#N)(Cc2cc(F)cc(F)c2)CC1. The summed E-state index contributed by atoms with van der Waals surface area (Å²) in [6.45, 7) is 2.18. The Bertz CT molecular complexity index is 476. The minimum Gasteiger partial charge on any atom is -0.207 e. The second-order valence-electron chi connectivity index (χ2n) is 6.08. The summed E-state index contributed by atoms with van der Waals surface area (Å²) < 4.78 is 26.5. The van der Waals surface area contributed by atoms with Crippen molar-refractivity contribution in [3.8, 4) is 6.07 Å². The molecule has 1 fully saturated rings. The molecule has 1 aliphatic carbocycles. The van der Waals surface area contributed by atoms with Gasteiger partial charge in [0.1, 0.15) is 11.6 Å². The van der Waals surface area contributed by atoms with E-state index in [1.807, 2.05) is 0 Å². The molecule has 0 aromatic heterocycles. The molecule has 0 radical (unpaired) electrons. The molecule has 0 aliphatic heterocycles. The summed E-state index contributed by atoms with van der Waals surface area (Å²) in [5.41, 5.74) is 0.155. The number of rotatable bonds is 4. The van der Waals surface area contributed by atoms with Crippen molar-refractivity contribution in [1.82, 2.24) is 0 Å². The van der Waals surface area contributed by atoms with Crippen molar-refractivity contribution in [2.45, 2.75) is 51.9 Å². The van der Waals surface area contributed by atoms with Crippen molar-refractivity contribution >= 4 is 0 Å². The van der Waals surface area contributed by atoms with Crippen LogP contribution in [-0.4, -0.2) is 0 Å². The van der Waals surface area contributed by atoms with Crippen molar-refractivity contribution in [3.05, 3.63) is 35.4 Å². The van der Waals surface area contributed by atoms with Crippen molar-refractivity contribution in [3.63, 3.8) is 0 Å². The van der Waals surface area contributed by atoms with Crippen LogP contribution in [-0.2, 0) is 6.42 Å². The van der Waals surface area contributed by atoms with Gasteiger partial charge in [-0.25, -0.2) is 8.78 Å². The summed E-state index contributed by atoms with van der Waals surface area (Å²) in [6, 6.07) is 5.99. The van der Waals surface area contributed by atoms with Crippen LogP contribution in [0.15, 0.2) is 18.2 Å². The molecule has 1 aromatic carbocycles. The van der Waals surface area contributed by atoms with Gasteiger partial charge in [0.15, 0.2) is 0 Å². The molecule has 0 unspecified atom stereocenters. The van der Waals surface area contributed by atoms with Gasteiger partial charge in [0.05, 0.1) is 11.5 Å². The zero-order valence-electron chi connectivity index (χ0n) is 12.0. The van der Waals surface area contributed by atoms with Crippen molar-refractivity contribution in [2.75, 3.05) is 0 Å². The zero-order chi connectivity index (χ0) is 14.6. The summed E-state index contributed by atoms with van der Waals surface area (Å²) in [5, 5.41) is 9.52. The summed E-state index contributed by atoms with van der Waals surface area (Å²) >= 11 is 0. The molecule has 108 valence electrons. The molecule has 0 N–H and O–H groups in total. The van der Waals surface area contributed by atoms with E-state index >= 15 is 0 Å². The Kier molecular flexibility index (Phi) is 4.75. The van der Waals surface area contributed by atoms with Crippen LogP contribution in [0.1, 0.15) is 51.0 Å². The van der Waals surface area contributed by atoms with Gasteiger partial charge in [-0.05, 0) is 55.7 Å². The van der Waals surface area contributed by atoms with Crippen LogP contribution in [0.3, 0.4) is 0 Å². The first-order valence-corrected chi connectivity index (χ1v) is 7.43. The highest BCUT2D eigenvalue weighted by Gasteiger charge is 2.35. The van der Waals surface area contributed by atoms with E-state index < -0.39 is 17.0 Å². The van der Waals surface area contributed by atoms with Crippen LogP contribution in [0.25, 0.3) is 0 Å². The van der Waals surface area contributed by atoms with Crippen LogP contribution in [0.4, 0.5) is 8.78 Å². The Morgan fingerprint density at radius 1 is 1.20 bits per heavy atom. The Hall–Kier alpha value is -1.43. The highest BCUT2D eigenvalue weighted by molar-refractivity contribution is 5.22. The molecule has 0 bridgehead atoms. The van der Waals surface area contributed by atoms with Gasteiger partial charge in [-0.1, -0.05) is 19.8 Å². The smallest absolute Gasteiger partial charge is 0.126 e. The molecule has 0 heterocycles.